The van der Waals surface area contributed by atoms with Gasteiger partial charge in [-0.25, -0.2) is 0 Å². The van der Waals surface area contributed by atoms with Crippen molar-refractivity contribution in [1.29, 1.82) is 0 Å². The highest BCUT2D eigenvalue weighted by atomic mass is 29.3. The van der Waals surface area contributed by atoms with E-state index in [-0.39, 0.29) is 0 Å². The normalized spacial score (nSPS) is 14.6. The smallest absolute Gasteiger partial charge is 0.123 e. The second-order valence-corrected chi connectivity index (χ2v) is 41.3. The molecule has 0 nitrogen and oxygen atoms in total. The topological polar surface area (TPSA) is 0 Å². The molecule has 0 rings (SSSR count). The van der Waals surface area contributed by atoms with Crippen molar-refractivity contribution in [2.45, 2.75) is 65.5 Å². The minimum Gasteiger partial charge on any atom is -0.130 e. The molecular formula is C14H32Si4. The van der Waals surface area contributed by atoms with Crippen molar-refractivity contribution in [3.63, 3.8) is 0 Å². The lowest BCUT2D eigenvalue weighted by Crippen LogP contribution is -2.51. The van der Waals surface area contributed by atoms with Gasteiger partial charge >= 0.3 is 0 Å². The van der Waals surface area contributed by atoms with Crippen LogP contribution in [0.1, 0.15) is 0 Å². The molecule has 0 bridgehead atoms. The Kier molecular flexibility index (Phi) is 5.71. The summed E-state index contributed by atoms with van der Waals surface area (Å²) in [5.41, 5.74) is 6.10. The van der Waals surface area contributed by atoms with Gasteiger partial charge in [-0.1, -0.05) is 77.1 Å². The van der Waals surface area contributed by atoms with Crippen molar-refractivity contribution in [2.75, 3.05) is 0 Å². The van der Waals surface area contributed by atoms with Crippen molar-refractivity contribution >= 4 is 30.4 Å². The Balaban J connectivity index is 4.92. The third-order valence-electron chi connectivity index (χ3n) is 4.78. The van der Waals surface area contributed by atoms with Gasteiger partial charge < -0.3 is 0 Å². The molecule has 0 aliphatic heterocycles. The molecule has 0 spiro atoms. The Morgan fingerprint density at radius 1 is 0.667 bits per heavy atom. The Labute approximate surface area is 119 Å². The molecule has 18 heavy (non-hydrogen) atoms. The highest BCUT2D eigenvalue weighted by molar-refractivity contribution is 7.43. The second-order valence-electron chi connectivity index (χ2n) is 8.45. The maximum absolute atomic E-state index is 3.62. The van der Waals surface area contributed by atoms with Gasteiger partial charge in [-0.3, -0.25) is 0 Å². The fourth-order valence-electron chi connectivity index (χ4n) is 0.910. The molecule has 0 unspecified atom stereocenters. The molecule has 0 saturated carbocycles. The summed E-state index contributed by atoms with van der Waals surface area (Å²) in [6.45, 7) is 24.7. The van der Waals surface area contributed by atoms with Crippen LogP contribution in [0.4, 0.5) is 0 Å². The Morgan fingerprint density at radius 2 is 1.11 bits per heavy atom. The zero-order valence-electron chi connectivity index (χ0n) is 14.2. The van der Waals surface area contributed by atoms with Crippen LogP contribution in [-0.4, -0.2) is 30.4 Å². The summed E-state index contributed by atoms with van der Waals surface area (Å²) >= 11 is 0. The van der Waals surface area contributed by atoms with Gasteiger partial charge in [0.2, 0.25) is 0 Å². The third kappa shape index (κ3) is 5.04. The van der Waals surface area contributed by atoms with E-state index >= 15 is 0 Å². The third-order valence-corrected chi connectivity index (χ3v) is 37.9. The van der Waals surface area contributed by atoms with E-state index in [1.807, 2.05) is 0 Å². The lowest BCUT2D eigenvalue weighted by molar-refractivity contribution is 1.74. The van der Waals surface area contributed by atoms with Crippen LogP contribution < -0.4 is 0 Å². The number of rotatable bonds is 3. The molecule has 0 heterocycles. The predicted octanol–water partition coefficient (Wildman–Crippen LogP) is 4.87. The van der Waals surface area contributed by atoms with Gasteiger partial charge in [0.25, 0.3) is 0 Å². The van der Waals surface area contributed by atoms with Crippen molar-refractivity contribution in [3.8, 4) is 11.5 Å². The zero-order chi connectivity index (χ0) is 14.8. The van der Waals surface area contributed by atoms with E-state index < -0.39 is 30.4 Å². The Hall–Kier alpha value is 0.168. The maximum Gasteiger partial charge on any atom is 0.123 e. The largest absolute Gasteiger partial charge is 0.130 e. The van der Waals surface area contributed by atoms with E-state index in [4.69, 9.17) is 0 Å². The highest BCUT2D eigenvalue weighted by Gasteiger charge is 2.36. The fraction of sp³-hybridized carbons (Fsp3) is 0.714. The Bertz CT molecular complexity index is 367. The first-order chi connectivity index (χ1) is 7.71. The lowest BCUT2D eigenvalue weighted by Gasteiger charge is -2.32. The van der Waals surface area contributed by atoms with Crippen LogP contribution in [0, 0.1) is 11.5 Å². The van der Waals surface area contributed by atoms with Gasteiger partial charge in [0, 0.05) is 7.59 Å². The van der Waals surface area contributed by atoms with Crippen molar-refractivity contribution in [1.82, 2.24) is 0 Å². The SMILES string of the molecule is C[Si](C)(C)[Si](C)(C)C#C/C=C/[Si](C)(C)[Si](C)(C)C. The molecule has 0 aliphatic carbocycles. The number of hydrogen-bond acceptors (Lipinski definition) is 0. The summed E-state index contributed by atoms with van der Waals surface area (Å²) in [5, 5.41) is 0. The van der Waals surface area contributed by atoms with Crippen LogP contribution in [0.2, 0.25) is 65.5 Å². The van der Waals surface area contributed by atoms with E-state index in [1.165, 1.54) is 0 Å². The molecular weight excluding hydrogens is 280 g/mol. The lowest BCUT2D eigenvalue weighted by atomic mass is 10.7. The summed E-state index contributed by atoms with van der Waals surface area (Å²) in [6.07, 6.45) is 2.18. The van der Waals surface area contributed by atoms with Crippen molar-refractivity contribution in [2.24, 2.45) is 0 Å². The minimum atomic E-state index is -1.29. The molecule has 0 fully saturated rings. The molecule has 0 saturated heterocycles. The monoisotopic (exact) mass is 312 g/mol. The molecule has 0 aromatic carbocycles. The van der Waals surface area contributed by atoms with E-state index in [9.17, 15) is 0 Å². The van der Waals surface area contributed by atoms with Gasteiger partial charge in [-0.2, -0.15) is 0 Å². The summed E-state index contributed by atoms with van der Waals surface area (Å²) in [6, 6.07) is 0. The molecule has 0 aromatic rings. The molecule has 0 atom stereocenters. The number of allylic oxidation sites excluding steroid dienone is 1. The van der Waals surface area contributed by atoms with E-state index in [2.05, 4.69) is 88.7 Å². The van der Waals surface area contributed by atoms with Crippen LogP contribution >= 0.6 is 0 Å². The van der Waals surface area contributed by atoms with Gasteiger partial charge in [-0.05, 0) is 6.08 Å². The van der Waals surface area contributed by atoms with Crippen molar-refractivity contribution < 1.29 is 0 Å². The standard InChI is InChI=1S/C14H32Si4/c1-15(2,3)17(7,8)13-11-12-14-18(9,10)16(4,5)6/h11,13H,1-10H3/b13-11+. The summed E-state index contributed by atoms with van der Waals surface area (Å²) < 4.78 is 0. The average Bonchev–Trinajstić information content (AvgIpc) is 2.08. The first-order valence-electron chi connectivity index (χ1n) is 6.91. The first-order valence-corrected chi connectivity index (χ1v) is 22.0. The molecule has 0 aliphatic rings. The van der Waals surface area contributed by atoms with Gasteiger partial charge in [-0.15, -0.1) is 5.54 Å². The van der Waals surface area contributed by atoms with Crippen molar-refractivity contribution in [3.05, 3.63) is 11.8 Å². The molecule has 0 aromatic heterocycles. The molecule has 0 N–H and O–H groups in total. The predicted molar refractivity (Wildman–Crippen MR) is 98.6 cm³/mol. The van der Waals surface area contributed by atoms with Crippen LogP contribution in [0.25, 0.3) is 0 Å². The van der Waals surface area contributed by atoms with Crippen LogP contribution in [0.5, 0.6) is 0 Å². The first kappa shape index (κ1) is 18.2. The summed E-state index contributed by atoms with van der Waals surface area (Å²) in [5.74, 6) is 3.38. The van der Waals surface area contributed by atoms with Crippen LogP contribution in [0.3, 0.4) is 0 Å². The van der Waals surface area contributed by atoms with E-state index in [1.54, 1.807) is 0 Å². The quantitative estimate of drug-likeness (QED) is 0.515. The zero-order valence-corrected chi connectivity index (χ0v) is 18.2. The fourth-order valence-corrected chi connectivity index (χ4v) is 5.82. The molecule has 0 amide bonds. The Morgan fingerprint density at radius 3 is 1.44 bits per heavy atom. The minimum absolute atomic E-state index is 1.01. The summed E-state index contributed by atoms with van der Waals surface area (Å²) in [4.78, 5) is 0. The maximum atomic E-state index is 3.62. The average molecular weight is 313 g/mol. The summed E-state index contributed by atoms with van der Waals surface area (Å²) in [7, 11) is -4.54. The van der Waals surface area contributed by atoms with Gasteiger partial charge in [0.15, 0.2) is 0 Å². The molecule has 104 valence electrons. The van der Waals surface area contributed by atoms with Crippen LogP contribution in [0.15, 0.2) is 11.8 Å². The molecule has 4 heteroatoms. The van der Waals surface area contributed by atoms with Gasteiger partial charge in [0.05, 0.1) is 15.2 Å². The van der Waals surface area contributed by atoms with Gasteiger partial charge in [0.1, 0.15) is 7.59 Å². The molecule has 0 radical (unpaired) electrons. The second kappa shape index (κ2) is 5.66. The highest BCUT2D eigenvalue weighted by Crippen LogP contribution is 2.20. The van der Waals surface area contributed by atoms with Crippen LogP contribution in [-0.2, 0) is 0 Å². The van der Waals surface area contributed by atoms with E-state index in [0.29, 0.717) is 0 Å². The van der Waals surface area contributed by atoms with E-state index in [0.717, 1.165) is 0 Å². The number of hydrogen-bond donors (Lipinski definition) is 0.